The monoisotopic (exact) mass is 357 g/mol. The second-order valence-corrected chi connectivity index (χ2v) is 7.88. The van der Waals surface area contributed by atoms with Crippen LogP contribution in [0.15, 0.2) is 22.6 Å². The normalized spacial score (nSPS) is 19.5. The average molecular weight is 358 g/mol. The number of aryl methyl sites for hydroxylation is 1. The van der Waals surface area contributed by atoms with Crippen molar-refractivity contribution in [3.8, 4) is 0 Å². The van der Waals surface area contributed by atoms with Crippen molar-refractivity contribution in [1.82, 2.24) is 4.90 Å². The van der Waals surface area contributed by atoms with Gasteiger partial charge in [0.1, 0.15) is 11.3 Å². The van der Waals surface area contributed by atoms with Gasteiger partial charge in [-0.2, -0.15) is 0 Å². The fourth-order valence-corrected chi connectivity index (χ4v) is 4.52. The summed E-state index contributed by atoms with van der Waals surface area (Å²) in [5.74, 6) is 1.75. The van der Waals surface area contributed by atoms with Gasteiger partial charge >= 0.3 is 0 Å². The van der Waals surface area contributed by atoms with E-state index in [2.05, 4.69) is 30.0 Å². The summed E-state index contributed by atoms with van der Waals surface area (Å²) >= 11 is 5.66. The highest BCUT2D eigenvalue weighted by Crippen LogP contribution is 2.35. The third-order valence-electron chi connectivity index (χ3n) is 5.81. The Hall–Kier alpha value is -1.39. The number of benzene rings is 1. The van der Waals surface area contributed by atoms with Crippen LogP contribution in [-0.2, 0) is 11.2 Å². The Balaban J connectivity index is 1.55. The lowest BCUT2D eigenvalue weighted by Gasteiger charge is -2.28. The molecule has 2 aliphatic rings. The molecule has 134 valence electrons. The molecule has 0 amide bonds. The quantitative estimate of drug-likeness (QED) is 0.723. The number of fused-ring (bicyclic) bond motifs is 1. The Morgan fingerprint density at radius 1 is 1.16 bits per heavy atom. The van der Waals surface area contributed by atoms with E-state index in [1.165, 1.54) is 48.6 Å². The molecule has 2 fully saturated rings. The van der Waals surface area contributed by atoms with Gasteiger partial charge in [0.15, 0.2) is 0 Å². The van der Waals surface area contributed by atoms with E-state index in [1.54, 1.807) is 0 Å². The van der Waals surface area contributed by atoms with Gasteiger partial charge in [0, 0.05) is 18.5 Å². The molecule has 4 rings (SSSR count). The number of morpholine rings is 1. The second-order valence-electron chi connectivity index (χ2n) is 7.41. The molecule has 1 aliphatic carbocycles. The summed E-state index contributed by atoms with van der Waals surface area (Å²) in [6.45, 7) is 5.50. The van der Waals surface area contributed by atoms with E-state index in [9.17, 15) is 0 Å². The van der Waals surface area contributed by atoms with Crippen LogP contribution in [0.4, 0.5) is 0 Å². The van der Waals surface area contributed by atoms with Crippen LogP contribution in [-0.4, -0.2) is 36.2 Å². The first-order valence-electron chi connectivity index (χ1n) is 9.60. The van der Waals surface area contributed by atoms with Crippen LogP contribution in [0.3, 0.4) is 0 Å². The molecule has 3 nitrogen and oxygen atoms in total. The van der Waals surface area contributed by atoms with Crippen molar-refractivity contribution in [2.75, 3.05) is 26.3 Å². The van der Waals surface area contributed by atoms with E-state index in [1.807, 2.05) is 0 Å². The molecule has 1 saturated carbocycles. The van der Waals surface area contributed by atoms with Crippen LogP contribution >= 0.6 is 12.2 Å². The number of hydrogen-bond donors (Lipinski definition) is 0. The molecule has 4 heteroatoms. The van der Waals surface area contributed by atoms with E-state index in [-0.39, 0.29) is 0 Å². The van der Waals surface area contributed by atoms with Gasteiger partial charge in [-0.3, -0.25) is 0 Å². The minimum atomic E-state index is 0.717. The lowest BCUT2D eigenvalue weighted by molar-refractivity contribution is 0.0683. The molecule has 0 unspecified atom stereocenters. The third kappa shape index (κ3) is 3.61. The van der Waals surface area contributed by atoms with Gasteiger partial charge in [-0.1, -0.05) is 37.5 Å². The Morgan fingerprint density at radius 3 is 2.68 bits per heavy atom. The first-order valence-corrected chi connectivity index (χ1v) is 10.0. The number of hydrogen-bond acceptors (Lipinski definition) is 3. The van der Waals surface area contributed by atoms with Crippen LogP contribution in [0.1, 0.15) is 54.9 Å². The van der Waals surface area contributed by atoms with Crippen molar-refractivity contribution >= 4 is 28.2 Å². The predicted molar refractivity (Wildman–Crippen MR) is 105 cm³/mol. The minimum Gasteiger partial charge on any atom is -0.460 e. The number of nitrogens with zero attached hydrogens (tertiary/aromatic N) is 1. The van der Waals surface area contributed by atoms with Crippen molar-refractivity contribution in [3.63, 3.8) is 0 Å². The van der Waals surface area contributed by atoms with Crippen LogP contribution in [0.5, 0.6) is 0 Å². The summed E-state index contributed by atoms with van der Waals surface area (Å²) in [7, 11) is 0. The average Bonchev–Trinajstić information content (AvgIpc) is 2.98. The van der Waals surface area contributed by atoms with Gasteiger partial charge in [-0.05, 0) is 48.9 Å². The summed E-state index contributed by atoms with van der Waals surface area (Å²) in [5.41, 5.74) is 3.73. The summed E-state index contributed by atoms with van der Waals surface area (Å²) in [5, 5.41) is 1.27. The molecule has 1 aromatic heterocycles. The van der Waals surface area contributed by atoms with Crippen molar-refractivity contribution in [2.24, 2.45) is 0 Å². The Morgan fingerprint density at radius 2 is 1.92 bits per heavy atom. The fraction of sp³-hybridized carbons (Fsp3) is 0.571. The molecule has 2 heterocycles. The molecule has 1 aliphatic heterocycles. The molecule has 0 atom stereocenters. The molecular weight excluding hydrogens is 330 g/mol. The molecule has 2 aromatic rings. The van der Waals surface area contributed by atoms with E-state index in [4.69, 9.17) is 21.4 Å². The number of thiocarbonyl (C=S) groups is 1. The van der Waals surface area contributed by atoms with Gasteiger partial charge in [0.05, 0.1) is 24.6 Å². The van der Waals surface area contributed by atoms with E-state index in [0.29, 0.717) is 6.42 Å². The third-order valence-corrected chi connectivity index (χ3v) is 6.21. The zero-order valence-electron chi connectivity index (χ0n) is 15.1. The van der Waals surface area contributed by atoms with Gasteiger partial charge in [0.2, 0.25) is 0 Å². The lowest BCUT2D eigenvalue weighted by atomic mass is 9.83. The predicted octanol–water partition coefficient (Wildman–Crippen LogP) is 4.99. The Labute approximate surface area is 155 Å². The van der Waals surface area contributed by atoms with Crippen molar-refractivity contribution < 1.29 is 9.15 Å². The van der Waals surface area contributed by atoms with Crippen LogP contribution in [0.2, 0.25) is 0 Å². The first kappa shape index (κ1) is 17.0. The molecule has 1 aromatic carbocycles. The molecule has 0 N–H and O–H groups in total. The number of ether oxygens (including phenoxy) is 1. The van der Waals surface area contributed by atoms with E-state index >= 15 is 0 Å². The van der Waals surface area contributed by atoms with Crippen LogP contribution in [0, 0.1) is 6.92 Å². The maximum absolute atomic E-state index is 6.16. The molecule has 0 bridgehead atoms. The second kappa shape index (κ2) is 7.46. The van der Waals surface area contributed by atoms with Gasteiger partial charge in [-0.25, -0.2) is 0 Å². The van der Waals surface area contributed by atoms with Gasteiger partial charge < -0.3 is 14.1 Å². The van der Waals surface area contributed by atoms with E-state index < -0.39 is 0 Å². The topological polar surface area (TPSA) is 25.6 Å². The van der Waals surface area contributed by atoms with Crippen molar-refractivity contribution in [2.45, 2.75) is 51.4 Å². The molecular formula is C21H27NO2S. The maximum Gasteiger partial charge on any atom is 0.134 e. The Bertz CT molecular complexity index is 755. The van der Waals surface area contributed by atoms with Gasteiger partial charge in [0.25, 0.3) is 0 Å². The summed E-state index contributed by atoms with van der Waals surface area (Å²) < 4.78 is 11.6. The largest absolute Gasteiger partial charge is 0.460 e. The number of furan rings is 1. The smallest absolute Gasteiger partial charge is 0.134 e. The highest BCUT2D eigenvalue weighted by Gasteiger charge is 2.20. The number of rotatable bonds is 3. The SMILES string of the molecule is Cc1c(CC(=S)N2CCOCC2)oc2ccc(C3CCCCC3)cc12. The first-order chi connectivity index (χ1) is 12.2. The van der Waals surface area contributed by atoms with Crippen LogP contribution < -0.4 is 0 Å². The fourth-order valence-electron chi connectivity index (χ4n) is 4.21. The zero-order valence-corrected chi connectivity index (χ0v) is 15.9. The molecule has 0 spiro atoms. The molecule has 0 radical (unpaired) electrons. The van der Waals surface area contributed by atoms with Crippen molar-refractivity contribution in [1.29, 1.82) is 0 Å². The van der Waals surface area contributed by atoms with E-state index in [0.717, 1.165) is 48.6 Å². The van der Waals surface area contributed by atoms with Crippen LogP contribution in [0.25, 0.3) is 11.0 Å². The maximum atomic E-state index is 6.16. The summed E-state index contributed by atoms with van der Waals surface area (Å²) in [6.07, 6.45) is 7.51. The van der Waals surface area contributed by atoms with Gasteiger partial charge in [-0.15, -0.1) is 0 Å². The Kier molecular flexibility index (Phi) is 5.09. The highest BCUT2D eigenvalue weighted by molar-refractivity contribution is 7.80. The highest BCUT2D eigenvalue weighted by atomic mass is 32.1. The molecule has 1 saturated heterocycles. The van der Waals surface area contributed by atoms with Crippen molar-refractivity contribution in [3.05, 3.63) is 35.1 Å². The summed E-state index contributed by atoms with van der Waals surface area (Å²) in [6, 6.07) is 6.80. The minimum absolute atomic E-state index is 0.717. The standard InChI is InChI=1S/C21H27NO2S/c1-15-18-13-17(16-5-3-2-4-6-16)7-8-19(18)24-20(15)14-21(25)22-9-11-23-12-10-22/h7-8,13,16H,2-6,9-12,14H2,1H3. The zero-order chi connectivity index (χ0) is 17.2. The lowest BCUT2D eigenvalue weighted by Crippen LogP contribution is -2.40. The summed E-state index contributed by atoms with van der Waals surface area (Å²) in [4.78, 5) is 3.22. The molecule has 25 heavy (non-hydrogen) atoms.